The number of benzene rings is 1. The molecule has 3 nitrogen and oxygen atoms in total. The fourth-order valence-electron chi connectivity index (χ4n) is 2.12. The molecule has 0 amide bonds. The van der Waals surface area contributed by atoms with Crippen molar-refractivity contribution in [2.24, 2.45) is 0 Å². The van der Waals surface area contributed by atoms with Gasteiger partial charge in [0, 0.05) is 16.7 Å². The number of hydrogen-bond acceptors (Lipinski definition) is 1. The van der Waals surface area contributed by atoms with Crippen molar-refractivity contribution in [3.05, 3.63) is 46.1 Å². The van der Waals surface area contributed by atoms with Gasteiger partial charge in [-0.1, -0.05) is 35.0 Å². The lowest BCUT2D eigenvalue weighted by molar-refractivity contribution is 0.0685. The summed E-state index contributed by atoms with van der Waals surface area (Å²) < 4.78 is 2.89. The molecule has 0 aliphatic heterocycles. The first-order valence-electron chi connectivity index (χ1n) is 6.24. The van der Waals surface area contributed by atoms with Gasteiger partial charge < -0.3 is 9.67 Å². The average molecular weight is 322 g/mol. The lowest BCUT2D eigenvalue weighted by atomic mass is 10.1. The van der Waals surface area contributed by atoms with Gasteiger partial charge in [-0.2, -0.15) is 0 Å². The maximum Gasteiger partial charge on any atom is 0.352 e. The highest BCUT2D eigenvalue weighted by Crippen LogP contribution is 2.27. The molecule has 0 aliphatic carbocycles. The Balaban J connectivity index is 2.55. The van der Waals surface area contributed by atoms with Crippen molar-refractivity contribution in [3.8, 4) is 11.3 Å². The summed E-state index contributed by atoms with van der Waals surface area (Å²) in [5.74, 6) is -0.883. The van der Waals surface area contributed by atoms with Gasteiger partial charge in [0.25, 0.3) is 0 Å². The van der Waals surface area contributed by atoms with Gasteiger partial charge in [-0.05, 0) is 42.7 Å². The molecule has 0 atom stereocenters. The fraction of sp³-hybridized carbons (Fsp3) is 0.267. The van der Waals surface area contributed by atoms with Crippen LogP contribution < -0.4 is 0 Å². The normalized spacial score (nSPS) is 10.7. The van der Waals surface area contributed by atoms with Crippen LogP contribution in [0.25, 0.3) is 11.3 Å². The van der Waals surface area contributed by atoms with E-state index in [9.17, 15) is 9.90 Å². The van der Waals surface area contributed by atoms with E-state index in [4.69, 9.17) is 0 Å². The number of aromatic nitrogens is 1. The van der Waals surface area contributed by atoms with E-state index in [0.29, 0.717) is 12.2 Å². The van der Waals surface area contributed by atoms with E-state index in [0.717, 1.165) is 27.7 Å². The number of rotatable bonds is 4. The van der Waals surface area contributed by atoms with Crippen LogP contribution in [0.4, 0.5) is 0 Å². The minimum Gasteiger partial charge on any atom is -0.477 e. The third kappa shape index (κ3) is 2.73. The average Bonchev–Trinajstić information content (AvgIpc) is 2.77. The van der Waals surface area contributed by atoms with Crippen LogP contribution in [0.15, 0.2) is 34.8 Å². The van der Waals surface area contributed by atoms with Gasteiger partial charge in [-0.15, -0.1) is 0 Å². The highest BCUT2D eigenvalue weighted by molar-refractivity contribution is 9.10. The molecule has 0 aliphatic rings. The maximum atomic E-state index is 11.2. The predicted molar refractivity (Wildman–Crippen MR) is 79.6 cm³/mol. The number of aromatic carboxylic acids is 1. The van der Waals surface area contributed by atoms with Gasteiger partial charge in [-0.3, -0.25) is 0 Å². The highest BCUT2D eigenvalue weighted by Gasteiger charge is 2.14. The van der Waals surface area contributed by atoms with E-state index >= 15 is 0 Å². The van der Waals surface area contributed by atoms with Crippen molar-refractivity contribution in [1.82, 2.24) is 4.57 Å². The Morgan fingerprint density at radius 2 is 2.05 bits per heavy atom. The Bertz CT molecular complexity index is 617. The first kappa shape index (κ1) is 13.9. The molecule has 2 rings (SSSR count). The Morgan fingerprint density at radius 3 is 2.63 bits per heavy atom. The summed E-state index contributed by atoms with van der Waals surface area (Å²) in [5, 5.41) is 9.22. The molecule has 0 fully saturated rings. The monoisotopic (exact) mass is 321 g/mol. The van der Waals surface area contributed by atoms with Crippen molar-refractivity contribution in [2.75, 3.05) is 0 Å². The van der Waals surface area contributed by atoms with E-state index in [1.807, 2.05) is 42.7 Å². The van der Waals surface area contributed by atoms with Gasteiger partial charge in [0.1, 0.15) is 5.69 Å². The van der Waals surface area contributed by atoms with Crippen molar-refractivity contribution in [2.45, 2.75) is 26.8 Å². The molecule has 1 aromatic carbocycles. The summed E-state index contributed by atoms with van der Waals surface area (Å²) in [6.45, 7) is 4.78. The molecule has 19 heavy (non-hydrogen) atoms. The molecule has 0 unspecified atom stereocenters. The Kier molecular flexibility index (Phi) is 4.10. The standard InChI is InChI=1S/C15H16BrNO2/c1-3-8-17-13(6-7-14(17)15(18)19)11-5-4-10(2)12(16)9-11/h4-7,9H,3,8H2,1-2H3,(H,18,19). The first-order valence-corrected chi connectivity index (χ1v) is 7.03. The highest BCUT2D eigenvalue weighted by atomic mass is 79.9. The number of aryl methyl sites for hydroxylation is 1. The van der Waals surface area contributed by atoms with Crippen LogP contribution in [0.2, 0.25) is 0 Å². The second-order valence-electron chi connectivity index (χ2n) is 4.52. The fourth-order valence-corrected chi connectivity index (χ4v) is 2.50. The second-order valence-corrected chi connectivity index (χ2v) is 5.38. The summed E-state index contributed by atoms with van der Waals surface area (Å²) in [4.78, 5) is 11.2. The molecular weight excluding hydrogens is 306 g/mol. The Labute approximate surface area is 121 Å². The van der Waals surface area contributed by atoms with Crippen molar-refractivity contribution >= 4 is 21.9 Å². The molecule has 1 heterocycles. The zero-order chi connectivity index (χ0) is 14.0. The van der Waals surface area contributed by atoms with Gasteiger partial charge in [-0.25, -0.2) is 4.79 Å². The molecule has 0 bridgehead atoms. The van der Waals surface area contributed by atoms with Gasteiger partial charge in [0.2, 0.25) is 0 Å². The predicted octanol–water partition coefficient (Wildman–Crippen LogP) is 4.33. The van der Waals surface area contributed by atoms with Crippen molar-refractivity contribution in [1.29, 1.82) is 0 Å². The van der Waals surface area contributed by atoms with Crippen LogP contribution in [0.1, 0.15) is 29.4 Å². The number of nitrogens with zero attached hydrogens (tertiary/aromatic N) is 1. The van der Waals surface area contributed by atoms with E-state index in [-0.39, 0.29) is 0 Å². The number of carbonyl (C=O) groups is 1. The van der Waals surface area contributed by atoms with E-state index in [1.54, 1.807) is 6.07 Å². The van der Waals surface area contributed by atoms with Gasteiger partial charge >= 0.3 is 5.97 Å². The second kappa shape index (κ2) is 5.61. The van der Waals surface area contributed by atoms with E-state index < -0.39 is 5.97 Å². The summed E-state index contributed by atoms with van der Waals surface area (Å²) in [5.41, 5.74) is 3.47. The van der Waals surface area contributed by atoms with Crippen LogP contribution >= 0.6 is 15.9 Å². The summed E-state index contributed by atoms with van der Waals surface area (Å²) in [7, 11) is 0. The third-order valence-corrected chi connectivity index (χ3v) is 3.97. The molecule has 4 heteroatoms. The molecule has 1 N–H and O–H groups in total. The molecule has 0 saturated heterocycles. The van der Waals surface area contributed by atoms with Gasteiger partial charge in [0.15, 0.2) is 0 Å². The lowest BCUT2D eigenvalue weighted by Gasteiger charge is -2.11. The summed E-state index contributed by atoms with van der Waals surface area (Å²) in [6, 6.07) is 9.62. The Morgan fingerprint density at radius 1 is 1.32 bits per heavy atom. The number of halogens is 1. The van der Waals surface area contributed by atoms with E-state index in [2.05, 4.69) is 15.9 Å². The zero-order valence-electron chi connectivity index (χ0n) is 11.0. The Hall–Kier alpha value is -1.55. The molecule has 1 aromatic heterocycles. The van der Waals surface area contributed by atoms with Crippen molar-refractivity contribution in [3.63, 3.8) is 0 Å². The lowest BCUT2D eigenvalue weighted by Crippen LogP contribution is -2.09. The molecule has 0 radical (unpaired) electrons. The SMILES string of the molecule is CCCn1c(C(=O)O)ccc1-c1ccc(C)c(Br)c1. The minimum absolute atomic E-state index is 0.341. The zero-order valence-corrected chi connectivity index (χ0v) is 12.6. The molecule has 0 saturated carbocycles. The maximum absolute atomic E-state index is 11.2. The minimum atomic E-state index is -0.883. The molecule has 100 valence electrons. The smallest absolute Gasteiger partial charge is 0.352 e. The van der Waals surface area contributed by atoms with Crippen LogP contribution in [-0.2, 0) is 6.54 Å². The number of carboxylic acids is 1. The first-order chi connectivity index (χ1) is 9.04. The van der Waals surface area contributed by atoms with Crippen LogP contribution in [0.5, 0.6) is 0 Å². The number of hydrogen-bond donors (Lipinski definition) is 1. The topological polar surface area (TPSA) is 42.2 Å². The van der Waals surface area contributed by atoms with E-state index in [1.165, 1.54) is 0 Å². The molecule has 0 spiro atoms. The largest absolute Gasteiger partial charge is 0.477 e. The summed E-state index contributed by atoms with van der Waals surface area (Å²) in [6.07, 6.45) is 0.898. The molecular formula is C15H16BrNO2. The van der Waals surface area contributed by atoms with Crippen LogP contribution in [0, 0.1) is 6.92 Å². The molecule has 2 aromatic rings. The van der Waals surface area contributed by atoms with Crippen LogP contribution in [-0.4, -0.2) is 15.6 Å². The van der Waals surface area contributed by atoms with Gasteiger partial charge in [0.05, 0.1) is 0 Å². The third-order valence-electron chi connectivity index (χ3n) is 3.11. The quantitative estimate of drug-likeness (QED) is 0.910. The number of carboxylic acid groups (broad SMARTS) is 1. The van der Waals surface area contributed by atoms with Crippen molar-refractivity contribution < 1.29 is 9.90 Å². The van der Waals surface area contributed by atoms with Crippen LogP contribution in [0.3, 0.4) is 0 Å². The summed E-state index contributed by atoms with van der Waals surface area (Å²) >= 11 is 3.52.